The zero-order chi connectivity index (χ0) is 12.4. The van der Waals surface area contributed by atoms with Gasteiger partial charge in [-0.15, -0.1) is 0 Å². The number of hydrogen-bond donors (Lipinski definition) is 2. The standard InChI is InChI=1S/C11H19N5O/c1-15(2)6-8-3-9(17)7-16(8)11-5-13-4-10(12)14-11/h4-5,8-9,17H,3,6-7H2,1-2H3,(H2,12,14). The summed E-state index contributed by atoms with van der Waals surface area (Å²) in [5.74, 6) is 1.15. The fourth-order valence-corrected chi connectivity index (χ4v) is 2.28. The number of aliphatic hydroxyl groups excluding tert-OH is 1. The lowest BCUT2D eigenvalue weighted by Crippen LogP contribution is -2.38. The topological polar surface area (TPSA) is 78.5 Å². The quantitative estimate of drug-likeness (QED) is 0.742. The summed E-state index contributed by atoms with van der Waals surface area (Å²) in [5, 5.41) is 9.77. The van der Waals surface area contributed by atoms with E-state index in [9.17, 15) is 5.11 Å². The number of rotatable bonds is 3. The van der Waals surface area contributed by atoms with Gasteiger partial charge in [0.2, 0.25) is 0 Å². The minimum Gasteiger partial charge on any atom is -0.391 e. The molecule has 1 fully saturated rings. The van der Waals surface area contributed by atoms with E-state index in [0.29, 0.717) is 12.4 Å². The summed E-state index contributed by atoms with van der Waals surface area (Å²) in [6, 6.07) is 0.260. The maximum absolute atomic E-state index is 9.77. The summed E-state index contributed by atoms with van der Waals surface area (Å²) in [4.78, 5) is 12.5. The van der Waals surface area contributed by atoms with Crippen molar-refractivity contribution in [2.75, 3.05) is 37.8 Å². The van der Waals surface area contributed by atoms with Gasteiger partial charge >= 0.3 is 0 Å². The van der Waals surface area contributed by atoms with Gasteiger partial charge in [-0.05, 0) is 20.5 Å². The molecule has 0 bridgehead atoms. The van der Waals surface area contributed by atoms with E-state index in [1.807, 2.05) is 14.1 Å². The minimum absolute atomic E-state index is 0.260. The van der Waals surface area contributed by atoms with E-state index in [1.54, 1.807) is 6.20 Å². The molecule has 0 aliphatic carbocycles. The summed E-state index contributed by atoms with van der Waals surface area (Å²) < 4.78 is 0. The molecule has 2 unspecified atom stereocenters. The molecule has 2 atom stereocenters. The van der Waals surface area contributed by atoms with Crippen LogP contribution in [-0.4, -0.2) is 59.3 Å². The fourth-order valence-electron chi connectivity index (χ4n) is 2.28. The summed E-state index contributed by atoms with van der Waals surface area (Å²) in [7, 11) is 4.04. The van der Waals surface area contributed by atoms with Crippen LogP contribution in [0.4, 0.5) is 11.6 Å². The van der Waals surface area contributed by atoms with Crippen LogP contribution in [0.1, 0.15) is 6.42 Å². The van der Waals surface area contributed by atoms with E-state index < -0.39 is 0 Å². The Morgan fingerprint density at radius 1 is 1.53 bits per heavy atom. The van der Waals surface area contributed by atoms with Crippen molar-refractivity contribution in [3.05, 3.63) is 12.4 Å². The SMILES string of the molecule is CN(C)CC1CC(O)CN1c1cncc(N)n1. The molecule has 3 N–H and O–H groups in total. The van der Waals surface area contributed by atoms with Gasteiger partial charge < -0.3 is 20.6 Å². The molecule has 0 aromatic carbocycles. The molecular formula is C11H19N5O. The lowest BCUT2D eigenvalue weighted by Gasteiger charge is -2.27. The Morgan fingerprint density at radius 3 is 2.94 bits per heavy atom. The number of nitrogen functional groups attached to an aromatic ring is 1. The van der Waals surface area contributed by atoms with Gasteiger partial charge in [-0.25, -0.2) is 4.98 Å². The normalized spacial score (nSPS) is 24.6. The second-order valence-electron chi connectivity index (χ2n) is 4.76. The number of likely N-dealkylation sites (N-methyl/N-ethyl adjacent to an activating group) is 1. The Morgan fingerprint density at radius 2 is 2.29 bits per heavy atom. The van der Waals surface area contributed by atoms with E-state index in [4.69, 9.17) is 5.73 Å². The third-order valence-electron chi connectivity index (χ3n) is 2.90. The Labute approximate surface area is 101 Å². The van der Waals surface area contributed by atoms with Gasteiger partial charge in [0.15, 0.2) is 0 Å². The van der Waals surface area contributed by atoms with E-state index in [1.165, 1.54) is 6.20 Å². The van der Waals surface area contributed by atoms with Crippen molar-refractivity contribution in [2.24, 2.45) is 0 Å². The molecule has 2 rings (SSSR count). The average Bonchev–Trinajstić information content (AvgIpc) is 2.58. The maximum Gasteiger partial charge on any atom is 0.149 e. The van der Waals surface area contributed by atoms with Crippen LogP contribution in [-0.2, 0) is 0 Å². The third-order valence-corrected chi connectivity index (χ3v) is 2.90. The summed E-state index contributed by atoms with van der Waals surface area (Å²) in [5.41, 5.74) is 5.63. The van der Waals surface area contributed by atoms with Crippen LogP contribution in [0.3, 0.4) is 0 Å². The van der Waals surface area contributed by atoms with E-state index in [-0.39, 0.29) is 12.1 Å². The van der Waals surface area contributed by atoms with E-state index in [0.717, 1.165) is 18.8 Å². The Bertz CT molecular complexity index is 384. The second kappa shape index (κ2) is 4.85. The number of β-amino-alcohol motifs (C(OH)–C–C–N with tert-alkyl or cyclic N) is 1. The minimum atomic E-state index is -0.303. The molecule has 6 nitrogen and oxygen atoms in total. The first kappa shape index (κ1) is 12.1. The molecular weight excluding hydrogens is 218 g/mol. The van der Waals surface area contributed by atoms with Crippen LogP contribution in [0.15, 0.2) is 12.4 Å². The van der Waals surface area contributed by atoms with Crippen molar-refractivity contribution in [1.29, 1.82) is 0 Å². The summed E-state index contributed by atoms with van der Waals surface area (Å²) in [6.07, 6.45) is 3.67. The molecule has 2 heterocycles. The van der Waals surface area contributed by atoms with Crippen molar-refractivity contribution in [1.82, 2.24) is 14.9 Å². The van der Waals surface area contributed by atoms with Gasteiger partial charge in [-0.3, -0.25) is 4.98 Å². The molecule has 0 saturated carbocycles. The molecule has 1 aromatic heterocycles. The first-order valence-electron chi connectivity index (χ1n) is 5.73. The van der Waals surface area contributed by atoms with Crippen molar-refractivity contribution < 1.29 is 5.11 Å². The molecule has 1 aliphatic rings. The molecule has 1 aliphatic heterocycles. The smallest absolute Gasteiger partial charge is 0.149 e. The fraction of sp³-hybridized carbons (Fsp3) is 0.636. The van der Waals surface area contributed by atoms with Crippen molar-refractivity contribution >= 4 is 11.6 Å². The zero-order valence-corrected chi connectivity index (χ0v) is 10.2. The highest BCUT2D eigenvalue weighted by Gasteiger charge is 2.32. The van der Waals surface area contributed by atoms with E-state index >= 15 is 0 Å². The molecule has 94 valence electrons. The lowest BCUT2D eigenvalue weighted by molar-refractivity contribution is 0.191. The van der Waals surface area contributed by atoms with Crippen LogP contribution in [0, 0.1) is 0 Å². The maximum atomic E-state index is 9.77. The largest absolute Gasteiger partial charge is 0.391 e. The number of aromatic nitrogens is 2. The van der Waals surface area contributed by atoms with Crippen LogP contribution < -0.4 is 10.6 Å². The molecule has 0 radical (unpaired) electrons. The Balaban J connectivity index is 2.17. The van der Waals surface area contributed by atoms with E-state index in [2.05, 4.69) is 19.8 Å². The highest BCUT2D eigenvalue weighted by atomic mass is 16.3. The third kappa shape index (κ3) is 2.83. The first-order valence-corrected chi connectivity index (χ1v) is 5.73. The number of hydrogen-bond acceptors (Lipinski definition) is 6. The van der Waals surface area contributed by atoms with Crippen molar-refractivity contribution in [2.45, 2.75) is 18.6 Å². The number of nitrogens with zero attached hydrogens (tertiary/aromatic N) is 4. The van der Waals surface area contributed by atoms with Gasteiger partial charge in [-0.2, -0.15) is 0 Å². The van der Waals surface area contributed by atoms with Crippen LogP contribution in [0.5, 0.6) is 0 Å². The van der Waals surface area contributed by atoms with Crippen LogP contribution >= 0.6 is 0 Å². The van der Waals surface area contributed by atoms with Crippen molar-refractivity contribution in [3.8, 4) is 0 Å². The van der Waals surface area contributed by atoms with Gasteiger partial charge in [0.1, 0.15) is 11.6 Å². The zero-order valence-electron chi connectivity index (χ0n) is 10.2. The summed E-state index contributed by atoms with van der Waals surface area (Å²) in [6.45, 7) is 1.48. The Hall–Kier alpha value is -1.40. The lowest BCUT2D eigenvalue weighted by atomic mass is 10.2. The van der Waals surface area contributed by atoms with Crippen molar-refractivity contribution in [3.63, 3.8) is 0 Å². The number of anilines is 2. The highest BCUT2D eigenvalue weighted by molar-refractivity contribution is 5.44. The first-order chi connectivity index (χ1) is 8.06. The molecule has 0 spiro atoms. The highest BCUT2D eigenvalue weighted by Crippen LogP contribution is 2.24. The predicted molar refractivity (Wildman–Crippen MR) is 66.8 cm³/mol. The number of nitrogens with two attached hydrogens (primary N) is 1. The monoisotopic (exact) mass is 237 g/mol. The van der Waals surface area contributed by atoms with Gasteiger partial charge in [-0.1, -0.05) is 0 Å². The number of aliphatic hydroxyl groups is 1. The predicted octanol–water partition coefficient (Wildman–Crippen LogP) is -0.440. The molecule has 6 heteroatoms. The second-order valence-corrected chi connectivity index (χ2v) is 4.76. The average molecular weight is 237 g/mol. The van der Waals surface area contributed by atoms with Crippen LogP contribution in [0.2, 0.25) is 0 Å². The van der Waals surface area contributed by atoms with Crippen LogP contribution in [0.25, 0.3) is 0 Å². The van der Waals surface area contributed by atoms with Gasteiger partial charge in [0.25, 0.3) is 0 Å². The Kier molecular flexibility index (Phi) is 3.44. The summed E-state index contributed by atoms with van der Waals surface area (Å²) >= 11 is 0. The molecule has 0 amide bonds. The van der Waals surface area contributed by atoms with Gasteiger partial charge in [0, 0.05) is 19.1 Å². The molecule has 1 aromatic rings. The van der Waals surface area contributed by atoms with Gasteiger partial charge in [0.05, 0.1) is 18.5 Å². The molecule has 17 heavy (non-hydrogen) atoms. The molecule has 1 saturated heterocycles.